The molecule has 2 saturated heterocycles. The maximum absolute atomic E-state index is 12.7. The minimum atomic E-state index is -0.715. The smallest absolute Gasteiger partial charge is 0.325 e. The van der Waals surface area contributed by atoms with Gasteiger partial charge in [0.25, 0.3) is 5.91 Å². The second kappa shape index (κ2) is 6.02. The van der Waals surface area contributed by atoms with Crippen molar-refractivity contribution in [3.8, 4) is 5.75 Å². The van der Waals surface area contributed by atoms with Crippen LogP contribution in [0.15, 0.2) is 18.2 Å². The highest BCUT2D eigenvalue weighted by Crippen LogP contribution is 2.30. The summed E-state index contributed by atoms with van der Waals surface area (Å²) in [5.41, 5.74) is 1.88. The molecular weight excluding hydrogens is 318 g/mol. The summed E-state index contributed by atoms with van der Waals surface area (Å²) < 4.78 is 5.55. The summed E-state index contributed by atoms with van der Waals surface area (Å²) >= 11 is 0. The highest BCUT2D eigenvalue weighted by Gasteiger charge is 2.54. The van der Waals surface area contributed by atoms with E-state index in [0.717, 1.165) is 38.3 Å². The van der Waals surface area contributed by atoms with Crippen molar-refractivity contribution in [1.29, 1.82) is 0 Å². The van der Waals surface area contributed by atoms with Crippen LogP contribution in [0, 0.1) is 0 Å². The Morgan fingerprint density at radius 3 is 2.92 bits per heavy atom. The molecule has 0 saturated carbocycles. The van der Waals surface area contributed by atoms with Crippen LogP contribution >= 0.6 is 0 Å². The number of fused-ring (bicyclic) bond motifs is 1. The van der Waals surface area contributed by atoms with Gasteiger partial charge in [0, 0.05) is 32.1 Å². The summed E-state index contributed by atoms with van der Waals surface area (Å²) in [5.74, 6) is 0.946. The third-order valence-electron chi connectivity index (χ3n) is 5.53. The highest BCUT2D eigenvalue weighted by atomic mass is 16.5. The van der Waals surface area contributed by atoms with Crippen LogP contribution in [-0.2, 0) is 17.6 Å². The summed E-state index contributed by atoms with van der Waals surface area (Å²) in [7, 11) is 0. The lowest BCUT2D eigenvalue weighted by molar-refractivity contribution is -0.132. The van der Waals surface area contributed by atoms with Crippen LogP contribution in [-0.4, -0.2) is 59.6 Å². The van der Waals surface area contributed by atoms with E-state index in [1.165, 1.54) is 16.0 Å². The number of nitrogens with zero attached hydrogens (tertiary/aromatic N) is 2. The second-order valence-corrected chi connectivity index (χ2v) is 7.60. The molecule has 0 aliphatic carbocycles. The molecule has 3 amide bonds. The van der Waals surface area contributed by atoms with Crippen LogP contribution in [0.25, 0.3) is 0 Å². The third-order valence-corrected chi connectivity index (χ3v) is 5.53. The summed E-state index contributed by atoms with van der Waals surface area (Å²) in [6, 6.07) is 6.07. The lowest BCUT2D eigenvalue weighted by Crippen LogP contribution is -2.49. The van der Waals surface area contributed by atoms with Crippen molar-refractivity contribution in [2.45, 2.75) is 44.7 Å². The number of amides is 3. The van der Waals surface area contributed by atoms with Gasteiger partial charge in [-0.15, -0.1) is 0 Å². The minimum Gasteiger partial charge on any atom is -0.493 e. The predicted molar refractivity (Wildman–Crippen MR) is 93.6 cm³/mol. The van der Waals surface area contributed by atoms with Gasteiger partial charge >= 0.3 is 6.03 Å². The molecule has 0 bridgehead atoms. The fraction of sp³-hybridized carbons (Fsp3) is 0.579. The monoisotopic (exact) mass is 343 g/mol. The molecule has 1 aromatic rings. The number of rotatable bonds is 4. The van der Waals surface area contributed by atoms with Crippen molar-refractivity contribution >= 4 is 11.9 Å². The van der Waals surface area contributed by atoms with Crippen LogP contribution in [0.1, 0.15) is 31.4 Å². The van der Waals surface area contributed by atoms with Gasteiger partial charge in [0.15, 0.2) is 0 Å². The van der Waals surface area contributed by atoms with Crippen molar-refractivity contribution in [1.82, 2.24) is 15.1 Å². The zero-order chi connectivity index (χ0) is 17.6. The number of benzene rings is 1. The standard InChI is InChI=1S/C19H25N3O3/c1-13(2)22-17(23)19(20-18(22)24)7-9-21(12-19)8-5-14-3-4-16-15(11-14)6-10-25-16/h3-4,11,13H,5-10,12H2,1-2H3,(H,20,24)/t19-/m0/s1. The van der Waals surface area contributed by atoms with E-state index in [2.05, 4.69) is 28.4 Å². The maximum atomic E-state index is 12.7. The Hall–Kier alpha value is -2.08. The average Bonchev–Trinajstić information content (AvgIpc) is 3.24. The first kappa shape index (κ1) is 16.4. The van der Waals surface area contributed by atoms with Gasteiger partial charge < -0.3 is 15.0 Å². The zero-order valence-corrected chi connectivity index (χ0v) is 14.9. The molecule has 1 aromatic carbocycles. The molecule has 6 heteroatoms. The summed E-state index contributed by atoms with van der Waals surface area (Å²) in [4.78, 5) is 28.5. The summed E-state index contributed by atoms with van der Waals surface area (Å²) in [5, 5.41) is 2.95. The second-order valence-electron chi connectivity index (χ2n) is 7.60. The molecule has 0 radical (unpaired) electrons. The molecule has 3 heterocycles. The van der Waals surface area contributed by atoms with Crippen molar-refractivity contribution < 1.29 is 14.3 Å². The Morgan fingerprint density at radius 1 is 1.32 bits per heavy atom. The van der Waals surface area contributed by atoms with Crippen molar-refractivity contribution in [2.24, 2.45) is 0 Å². The summed E-state index contributed by atoms with van der Waals surface area (Å²) in [6.07, 6.45) is 2.62. The molecule has 1 spiro atoms. The van der Waals surface area contributed by atoms with Gasteiger partial charge in [0.2, 0.25) is 0 Å². The van der Waals surface area contributed by atoms with Gasteiger partial charge in [-0.3, -0.25) is 9.69 Å². The maximum Gasteiger partial charge on any atom is 0.325 e. The number of nitrogens with one attached hydrogen (secondary N) is 1. The number of likely N-dealkylation sites (tertiary alicyclic amines) is 1. The number of carbonyl (C=O) groups excluding carboxylic acids is 2. The van der Waals surface area contributed by atoms with Gasteiger partial charge in [-0.25, -0.2) is 4.79 Å². The Bertz CT molecular complexity index is 718. The molecule has 25 heavy (non-hydrogen) atoms. The van der Waals surface area contributed by atoms with E-state index in [4.69, 9.17) is 4.74 Å². The van der Waals surface area contributed by atoms with E-state index in [-0.39, 0.29) is 18.0 Å². The van der Waals surface area contributed by atoms with Crippen LogP contribution in [0.5, 0.6) is 5.75 Å². The largest absolute Gasteiger partial charge is 0.493 e. The van der Waals surface area contributed by atoms with Gasteiger partial charge in [-0.05, 0) is 43.9 Å². The molecule has 1 N–H and O–H groups in total. The first-order valence-corrected chi connectivity index (χ1v) is 9.11. The molecule has 3 aliphatic heterocycles. The topological polar surface area (TPSA) is 61.9 Å². The Kier molecular flexibility index (Phi) is 3.95. The molecule has 134 valence electrons. The first-order valence-electron chi connectivity index (χ1n) is 9.11. The first-order chi connectivity index (χ1) is 12.0. The average molecular weight is 343 g/mol. The van der Waals surface area contributed by atoms with Crippen LogP contribution in [0.2, 0.25) is 0 Å². The molecular formula is C19H25N3O3. The fourth-order valence-corrected chi connectivity index (χ4v) is 4.15. The number of imide groups is 1. The highest BCUT2D eigenvalue weighted by molar-refractivity contribution is 6.07. The van der Waals surface area contributed by atoms with Gasteiger partial charge in [0.05, 0.1) is 6.61 Å². The molecule has 2 fully saturated rings. The van der Waals surface area contributed by atoms with E-state index in [9.17, 15) is 9.59 Å². The number of carbonyl (C=O) groups is 2. The van der Waals surface area contributed by atoms with E-state index in [1.54, 1.807) is 0 Å². The van der Waals surface area contributed by atoms with Crippen LogP contribution < -0.4 is 10.1 Å². The van der Waals surface area contributed by atoms with E-state index >= 15 is 0 Å². The molecule has 3 aliphatic rings. The van der Waals surface area contributed by atoms with E-state index in [0.29, 0.717) is 13.0 Å². The van der Waals surface area contributed by atoms with Crippen molar-refractivity contribution in [3.05, 3.63) is 29.3 Å². The normalized spacial score (nSPS) is 25.8. The number of urea groups is 1. The third kappa shape index (κ3) is 2.78. The van der Waals surface area contributed by atoms with E-state index < -0.39 is 5.54 Å². The molecule has 0 unspecified atom stereocenters. The Balaban J connectivity index is 1.38. The van der Waals surface area contributed by atoms with E-state index in [1.807, 2.05) is 13.8 Å². The molecule has 6 nitrogen and oxygen atoms in total. The SMILES string of the molecule is CC(C)N1C(=O)N[C@]2(CCN(CCc3ccc4c(c3)CCO4)C2)C1=O. The van der Waals surface area contributed by atoms with Gasteiger partial charge in [-0.2, -0.15) is 0 Å². The van der Waals surface area contributed by atoms with Gasteiger partial charge in [0.1, 0.15) is 11.3 Å². The molecule has 4 rings (SSSR count). The number of hydrogen-bond acceptors (Lipinski definition) is 4. The van der Waals surface area contributed by atoms with Crippen molar-refractivity contribution in [3.63, 3.8) is 0 Å². The van der Waals surface area contributed by atoms with Crippen LogP contribution in [0.3, 0.4) is 0 Å². The quantitative estimate of drug-likeness (QED) is 0.843. The van der Waals surface area contributed by atoms with Gasteiger partial charge in [-0.1, -0.05) is 12.1 Å². The molecule has 0 aromatic heterocycles. The summed E-state index contributed by atoms with van der Waals surface area (Å²) in [6.45, 7) is 6.87. The lowest BCUT2D eigenvalue weighted by atomic mass is 9.98. The molecule has 1 atom stereocenters. The number of ether oxygens (including phenoxy) is 1. The lowest BCUT2D eigenvalue weighted by Gasteiger charge is -2.23. The predicted octanol–water partition coefficient (Wildman–Crippen LogP) is 1.57. The Morgan fingerprint density at radius 2 is 2.16 bits per heavy atom. The Labute approximate surface area is 148 Å². The van der Waals surface area contributed by atoms with Crippen LogP contribution in [0.4, 0.5) is 4.79 Å². The zero-order valence-electron chi connectivity index (χ0n) is 14.9. The van der Waals surface area contributed by atoms with Crippen molar-refractivity contribution in [2.75, 3.05) is 26.2 Å². The minimum absolute atomic E-state index is 0.0651. The fourth-order valence-electron chi connectivity index (χ4n) is 4.15. The number of hydrogen-bond donors (Lipinski definition) is 1.